The largest absolute Gasteiger partial charge is 0.360 e. The summed E-state index contributed by atoms with van der Waals surface area (Å²) in [5, 5.41) is 4.57. The van der Waals surface area contributed by atoms with Crippen molar-refractivity contribution < 1.29 is 0 Å². The highest BCUT2D eigenvalue weighted by Gasteiger charge is 2.17. The molecule has 0 radical (unpaired) electrons. The molecule has 4 aromatic rings. The zero-order valence-corrected chi connectivity index (χ0v) is 16.9. The highest BCUT2D eigenvalue weighted by molar-refractivity contribution is 9.10. The molecule has 0 saturated carbocycles. The van der Waals surface area contributed by atoms with Gasteiger partial charge < -0.3 is 15.2 Å². The fraction of sp³-hybridized carbons (Fsp3) is 0.182. The molecule has 2 aromatic heterocycles. The first-order valence-corrected chi connectivity index (χ1v) is 10.2. The minimum absolute atomic E-state index is 0.794. The third-order valence-electron chi connectivity index (χ3n) is 5.12. The van der Waals surface area contributed by atoms with Crippen molar-refractivity contribution in [3.8, 4) is 22.5 Å². The number of hydrogen-bond donors (Lipinski definition) is 2. The van der Waals surface area contributed by atoms with Crippen molar-refractivity contribution >= 4 is 32.8 Å². The van der Waals surface area contributed by atoms with Crippen LogP contribution < -0.4 is 10.2 Å². The number of piperazine rings is 1. The van der Waals surface area contributed by atoms with E-state index < -0.39 is 0 Å². The number of hydrogen-bond acceptors (Lipinski definition) is 4. The smallest absolute Gasteiger partial charge is 0.226 e. The minimum Gasteiger partial charge on any atom is -0.360 e. The van der Waals surface area contributed by atoms with Crippen LogP contribution in [0.2, 0.25) is 0 Å². The maximum absolute atomic E-state index is 4.95. The van der Waals surface area contributed by atoms with Crippen molar-refractivity contribution in [3.63, 3.8) is 0 Å². The van der Waals surface area contributed by atoms with Gasteiger partial charge in [-0.05, 0) is 24.3 Å². The lowest BCUT2D eigenvalue weighted by molar-refractivity contribution is 0.580. The third kappa shape index (κ3) is 3.30. The Morgan fingerprint density at radius 1 is 0.893 bits per heavy atom. The van der Waals surface area contributed by atoms with Gasteiger partial charge in [-0.25, -0.2) is 9.97 Å². The molecular weight excluding hydrogens is 414 g/mol. The Kier molecular flexibility index (Phi) is 4.58. The summed E-state index contributed by atoms with van der Waals surface area (Å²) in [6, 6.07) is 18.7. The molecule has 0 atom stereocenters. The van der Waals surface area contributed by atoms with Crippen molar-refractivity contribution in [2.24, 2.45) is 0 Å². The van der Waals surface area contributed by atoms with Gasteiger partial charge in [0.2, 0.25) is 5.95 Å². The summed E-state index contributed by atoms with van der Waals surface area (Å²) >= 11 is 3.52. The lowest BCUT2D eigenvalue weighted by atomic mass is 10.1. The second-order valence-electron chi connectivity index (χ2n) is 6.93. The van der Waals surface area contributed by atoms with Gasteiger partial charge in [-0.15, -0.1) is 0 Å². The monoisotopic (exact) mass is 433 g/mol. The van der Waals surface area contributed by atoms with Gasteiger partial charge in [0.15, 0.2) is 0 Å². The highest BCUT2D eigenvalue weighted by atomic mass is 79.9. The van der Waals surface area contributed by atoms with Crippen LogP contribution in [0.1, 0.15) is 0 Å². The van der Waals surface area contributed by atoms with Crippen LogP contribution in [0.25, 0.3) is 33.4 Å². The maximum Gasteiger partial charge on any atom is 0.226 e. The molecule has 0 bridgehead atoms. The summed E-state index contributed by atoms with van der Waals surface area (Å²) in [5.74, 6) is 0.794. The van der Waals surface area contributed by atoms with Crippen molar-refractivity contribution in [1.82, 2.24) is 20.3 Å². The molecule has 0 aliphatic carbocycles. The molecule has 1 aliphatic rings. The number of aromatic amines is 1. The molecule has 1 fully saturated rings. The topological polar surface area (TPSA) is 56.8 Å². The van der Waals surface area contributed by atoms with Gasteiger partial charge in [-0.2, -0.15) is 0 Å². The van der Waals surface area contributed by atoms with Crippen molar-refractivity contribution in [2.45, 2.75) is 0 Å². The first kappa shape index (κ1) is 17.4. The SMILES string of the molecule is Brc1ccc(-c2cc(-c3c[nH]c4ccccc34)nc(N3CCNCC3)n2)cc1. The summed E-state index contributed by atoms with van der Waals surface area (Å²) < 4.78 is 1.06. The Labute approximate surface area is 172 Å². The molecule has 5 rings (SSSR count). The van der Waals surface area contributed by atoms with Crippen LogP contribution in [0.4, 0.5) is 5.95 Å². The Balaban J connectivity index is 1.67. The van der Waals surface area contributed by atoms with Gasteiger partial charge in [-0.3, -0.25) is 0 Å². The van der Waals surface area contributed by atoms with E-state index in [1.807, 2.05) is 24.4 Å². The van der Waals surface area contributed by atoms with Crippen LogP contribution in [0.3, 0.4) is 0 Å². The van der Waals surface area contributed by atoms with E-state index in [1.54, 1.807) is 0 Å². The lowest BCUT2D eigenvalue weighted by Gasteiger charge is -2.28. The molecule has 3 heterocycles. The predicted molar refractivity (Wildman–Crippen MR) is 118 cm³/mol. The summed E-state index contributed by atoms with van der Waals surface area (Å²) in [7, 11) is 0. The van der Waals surface area contributed by atoms with Crippen LogP contribution in [-0.2, 0) is 0 Å². The number of para-hydroxylation sites is 1. The fourth-order valence-corrected chi connectivity index (χ4v) is 3.90. The number of fused-ring (bicyclic) bond motifs is 1. The van der Waals surface area contributed by atoms with Gasteiger partial charge in [-0.1, -0.05) is 46.3 Å². The molecule has 28 heavy (non-hydrogen) atoms. The summed E-state index contributed by atoms with van der Waals surface area (Å²) in [5.41, 5.74) is 5.19. The first-order valence-electron chi connectivity index (χ1n) is 9.45. The van der Waals surface area contributed by atoms with Crippen LogP contribution in [0, 0.1) is 0 Å². The zero-order valence-electron chi connectivity index (χ0n) is 15.3. The van der Waals surface area contributed by atoms with Crippen LogP contribution in [0.15, 0.2) is 65.3 Å². The van der Waals surface area contributed by atoms with Gasteiger partial charge in [0.05, 0.1) is 11.4 Å². The number of nitrogens with zero attached hydrogens (tertiary/aromatic N) is 3. The van der Waals surface area contributed by atoms with Crippen LogP contribution >= 0.6 is 15.9 Å². The Bertz CT molecular complexity index is 1110. The standard InChI is InChI=1S/C22H20BrN5/c23-16-7-5-15(6-8-16)20-13-21(18-14-25-19-4-2-1-3-17(18)19)27-22(26-20)28-11-9-24-10-12-28/h1-8,13-14,24-25H,9-12H2. The zero-order chi connectivity index (χ0) is 18.9. The number of aromatic nitrogens is 3. The van der Waals surface area contributed by atoms with Crippen LogP contribution in [-0.4, -0.2) is 41.1 Å². The molecule has 140 valence electrons. The van der Waals surface area contributed by atoms with E-state index in [0.717, 1.165) is 64.6 Å². The number of halogens is 1. The molecular formula is C22H20BrN5. The number of H-pyrrole nitrogens is 1. The molecule has 1 saturated heterocycles. The van der Waals surface area contributed by atoms with Crippen molar-refractivity contribution in [1.29, 1.82) is 0 Å². The summed E-state index contributed by atoms with van der Waals surface area (Å²) in [4.78, 5) is 15.5. The third-order valence-corrected chi connectivity index (χ3v) is 5.65. The quantitative estimate of drug-likeness (QED) is 0.500. The number of anilines is 1. The second-order valence-corrected chi connectivity index (χ2v) is 7.85. The lowest BCUT2D eigenvalue weighted by Crippen LogP contribution is -2.44. The highest BCUT2D eigenvalue weighted by Crippen LogP contribution is 2.31. The molecule has 5 nitrogen and oxygen atoms in total. The van der Waals surface area contributed by atoms with E-state index in [4.69, 9.17) is 9.97 Å². The summed E-state index contributed by atoms with van der Waals surface area (Å²) in [6.07, 6.45) is 2.04. The second kappa shape index (κ2) is 7.37. The Morgan fingerprint density at radius 3 is 2.46 bits per heavy atom. The number of nitrogens with one attached hydrogen (secondary N) is 2. The molecule has 2 aromatic carbocycles. The molecule has 0 amide bonds. The normalized spacial score (nSPS) is 14.5. The number of rotatable bonds is 3. The van der Waals surface area contributed by atoms with E-state index in [-0.39, 0.29) is 0 Å². The Hall–Kier alpha value is -2.70. The van der Waals surface area contributed by atoms with E-state index in [2.05, 4.69) is 67.5 Å². The first-order chi connectivity index (χ1) is 13.8. The van der Waals surface area contributed by atoms with E-state index >= 15 is 0 Å². The molecule has 2 N–H and O–H groups in total. The minimum atomic E-state index is 0.794. The summed E-state index contributed by atoms with van der Waals surface area (Å²) in [6.45, 7) is 3.73. The number of benzene rings is 2. The van der Waals surface area contributed by atoms with Gasteiger partial charge in [0.1, 0.15) is 0 Å². The fourth-order valence-electron chi connectivity index (χ4n) is 3.63. The predicted octanol–water partition coefficient (Wildman–Crippen LogP) is 4.46. The molecule has 1 aliphatic heterocycles. The Morgan fingerprint density at radius 2 is 1.64 bits per heavy atom. The molecule has 0 unspecified atom stereocenters. The van der Waals surface area contributed by atoms with Gasteiger partial charge in [0.25, 0.3) is 0 Å². The van der Waals surface area contributed by atoms with Crippen LogP contribution in [0.5, 0.6) is 0 Å². The maximum atomic E-state index is 4.95. The molecule has 0 spiro atoms. The van der Waals surface area contributed by atoms with Crippen molar-refractivity contribution in [3.05, 3.63) is 65.3 Å². The van der Waals surface area contributed by atoms with E-state index in [0.29, 0.717) is 0 Å². The van der Waals surface area contributed by atoms with Gasteiger partial charge in [0, 0.05) is 58.9 Å². The molecule has 6 heteroatoms. The van der Waals surface area contributed by atoms with E-state index in [9.17, 15) is 0 Å². The van der Waals surface area contributed by atoms with Gasteiger partial charge >= 0.3 is 0 Å². The van der Waals surface area contributed by atoms with Crippen molar-refractivity contribution in [2.75, 3.05) is 31.1 Å². The average molecular weight is 434 g/mol. The van der Waals surface area contributed by atoms with E-state index in [1.165, 1.54) is 5.39 Å². The average Bonchev–Trinajstić information content (AvgIpc) is 3.19.